The molecule has 4 aromatic rings. The Hall–Kier alpha value is -4.21. The third kappa shape index (κ3) is 6.86. The Morgan fingerprint density at radius 3 is 2.45 bits per heavy atom. The maximum absolute atomic E-state index is 12.8. The molecule has 1 aliphatic rings. The maximum Gasteiger partial charge on any atom is 0.228 e. The molecule has 0 bridgehead atoms. The highest BCUT2D eigenvalue weighted by Gasteiger charge is 2.13. The average molecular weight is 543 g/mol. The molecule has 0 aliphatic carbocycles. The Morgan fingerprint density at radius 2 is 1.75 bits per heavy atom. The monoisotopic (exact) mass is 542 g/mol. The van der Waals surface area contributed by atoms with E-state index in [4.69, 9.17) is 18.7 Å². The zero-order valence-corrected chi connectivity index (χ0v) is 23.1. The normalized spacial score (nSPS) is 13.7. The van der Waals surface area contributed by atoms with Crippen molar-refractivity contribution in [3.05, 3.63) is 77.7 Å². The highest BCUT2D eigenvalue weighted by molar-refractivity contribution is 5.92. The molecule has 5 rings (SSSR count). The minimum atomic E-state index is -0.104. The summed E-state index contributed by atoms with van der Waals surface area (Å²) in [5.41, 5.74) is 5.79. The van der Waals surface area contributed by atoms with Crippen molar-refractivity contribution in [3.8, 4) is 34.0 Å². The van der Waals surface area contributed by atoms with Crippen LogP contribution in [0.5, 0.6) is 11.5 Å². The van der Waals surface area contributed by atoms with Crippen LogP contribution >= 0.6 is 0 Å². The predicted molar refractivity (Wildman–Crippen MR) is 153 cm³/mol. The zero-order valence-electron chi connectivity index (χ0n) is 23.1. The van der Waals surface area contributed by atoms with E-state index in [2.05, 4.69) is 39.4 Å². The Labute approximate surface area is 234 Å². The summed E-state index contributed by atoms with van der Waals surface area (Å²) in [7, 11) is 1.61. The first kappa shape index (κ1) is 27.4. The molecule has 2 heterocycles. The lowest BCUT2D eigenvalue weighted by Crippen LogP contribution is -2.38. The minimum Gasteiger partial charge on any atom is -0.493 e. The fourth-order valence-corrected chi connectivity index (χ4v) is 4.71. The summed E-state index contributed by atoms with van der Waals surface area (Å²) in [5.74, 6) is 2.25. The molecule has 3 aromatic carbocycles. The number of benzene rings is 3. The van der Waals surface area contributed by atoms with Gasteiger partial charge in [-0.2, -0.15) is 4.98 Å². The van der Waals surface area contributed by atoms with Gasteiger partial charge in [0.15, 0.2) is 11.5 Å². The van der Waals surface area contributed by atoms with Crippen LogP contribution < -0.4 is 14.8 Å². The van der Waals surface area contributed by atoms with Crippen LogP contribution in [0.2, 0.25) is 0 Å². The number of anilines is 1. The standard InChI is InChI=1S/C31H34N4O5/c1-21-18-25(31-32-22(2)40-34-31)8-10-27(21)24-6-4-23(5-7-24)19-30(36)33-26-9-11-28(37-3)29(20-26)39-17-14-35-12-15-38-16-13-35/h4-11,18,20H,12-17,19H2,1-3H3,(H,33,36). The first-order valence-electron chi connectivity index (χ1n) is 13.4. The molecule has 208 valence electrons. The molecular formula is C31H34N4O5. The van der Waals surface area contributed by atoms with Gasteiger partial charge < -0.3 is 24.1 Å². The molecule has 0 radical (unpaired) electrons. The second kappa shape index (κ2) is 12.8. The fourth-order valence-electron chi connectivity index (χ4n) is 4.71. The topological polar surface area (TPSA) is 99.0 Å². The van der Waals surface area contributed by atoms with Crippen LogP contribution in [0.25, 0.3) is 22.5 Å². The molecule has 0 unspecified atom stereocenters. The van der Waals surface area contributed by atoms with Crippen LogP contribution in [0.3, 0.4) is 0 Å². The molecule has 0 saturated carbocycles. The number of ether oxygens (including phenoxy) is 3. The van der Waals surface area contributed by atoms with Crippen molar-refractivity contribution in [1.29, 1.82) is 0 Å². The number of methoxy groups -OCH3 is 1. The van der Waals surface area contributed by atoms with Crippen molar-refractivity contribution in [1.82, 2.24) is 15.0 Å². The summed E-state index contributed by atoms with van der Waals surface area (Å²) in [4.78, 5) is 19.4. The van der Waals surface area contributed by atoms with E-state index in [0.717, 1.165) is 60.7 Å². The molecule has 0 spiro atoms. The number of morpholine rings is 1. The second-order valence-electron chi connectivity index (χ2n) is 9.76. The van der Waals surface area contributed by atoms with E-state index < -0.39 is 0 Å². The maximum atomic E-state index is 12.8. The predicted octanol–water partition coefficient (Wildman–Crippen LogP) is 4.92. The van der Waals surface area contributed by atoms with E-state index in [0.29, 0.717) is 35.5 Å². The quantitative estimate of drug-likeness (QED) is 0.302. The van der Waals surface area contributed by atoms with Crippen molar-refractivity contribution in [2.24, 2.45) is 0 Å². The highest BCUT2D eigenvalue weighted by atomic mass is 16.5. The van der Waals surface area contributed by atoms with Crippen molar-refractivity contribution >= 4 is 11.6 Å². The number of amides is 1. The summed E-state index contributed by atoms with van der Waals surface area (Å²) in [6.07, 6.45) is 0.259. The van der Waals surface area contributed by atoms with Gasteiger partial charge in [-0.15, -0.1) is 0 Å². The number of nitrogens with zero attached hydrogens (tertiary/aromatic N) is 3. The summed E-state index contributed by atoms with van der Waals surface area (Å²) >= 11 is 0. The number of aryl methyl sites for hydroxylation is 2. The van der Waals surface area contributed by atoms with E-state index >= 15 is 0 Å². The Morgan fingerprint density at radius 1 is 0.975 bits per heavy atom. The van der Waals surface area contributed by atoms with Crippen LogP contribution in [0.1, 0.15) is 17.0 Å². The number of carbonyl (C=O) groups is 1. The largest absolute Gasteiger partial charge is 0.493 e. The SMILES string of the molecule is COc1ccc(NC(=O)Cc2ccc(-c3ccc(-c4noc(C)n4)cc3C)cc2)cc1OCCN1CCOCC1. The summed E-state index contributed by atoms with van der Waals surface area (Å²) in [6, 6.07) is 19.6. The van der Waals surface area contributed by atoms with Gasteiger partial charge in [0.25, 0.3) is 0 Å². The number of rotatable bonds is 10. The number of hydrogen-bond acceptors (Lipinski definition) is 8. The molecule has 40 heavy (non-hydrogen) atoms. The Kier molecular flexibility index (Phi) is 8.73. The average Bonchev–Trinajstić information content (AvgIpc) is 3.40. The third-order valence-corrected chi connectivity index (χ3v) is 6.86. The molecule has 9 heteroatoms. The summed E-state index contributed by atoms with van der Waals surface area (Å²) in [6.45, 7) is 8.49. The molecular weight excluding hydrogens is 508 g/mol. The molecule has 1 aliphatic heterocycles. The van der Waals surface area contributed by atoms with Crippen LogP contribution in [0.15, 0.2) is 65.2 Å². The Balaban J connectivity index is 1.18. The van der Waals surface area contributed by atoms with Crippen LogP contribution in [0.4, 0.5) is 5.69 Å². The lowest BCUT2D eigenvalue weighted by atomic mass is 9.97. The lowest BCUT2D eigenvalue weighted by Gasteiger charge is -2.26. The summed E-state index contributed by atoms with van der Waals surface area (Å²) in [5, 5.41) is 6.98. The van der Waals surface area contributed by atoms with Crippen molar-refractivity contribution < 1.29 is 23.5 Å². The number of nitrogens with one attached hydrogen (secondary N) is 1. The van der Waals surface area contributed by atoms with Gasteiger partial charge in [0.05, 0.1) is 26.7 Å². The molecule has 0 atom stereocenters. The number of hydrogen-bond donors (Lipinski definition) is 1. The van der Waals surface area contributed by atoms with Gasteiger partial charge in [0.1, 0.15) is 6.61 Å². The molecule has 1 saturated heterocycles. The summed E-state index contributed by atoms with van der Waals surface area (Å²) < 4.78 is 21.9. The number of carbonyl (C=O) groups excluding carboxylic acids is 1. The van der Waals surface area contributed by atoms with Crippen LogP contribution in [0, 0.1) is 13.8 Å². The van der Waals surface area contributed by atoms with Gasteiger partial charge in [-0.3, -0.25) is 9.69 Å². The second-order valence-corrected chi connectivity index (χ2v) is 9.76. The van der Waals surface area contributed by atoms with E-state index in [1.807, 2.05) is 48.5 Å². The van der Waals surface area contributed by atoms with E-state index in [-0.39, 0.29) is 12.3 Å². The zero-order chi connectivity index (χ0) is 27.9. The third-order valence-electron chi connectivity index (χ3n) is 6.86. The van der Waals surface area contributed by atoms with Crippen molar-refractivity contribution in [2.75, 3.05) is 51.9 Å². The van der Waals surface area contributed by atoms with Gasteiger partial charge in [-0.05, 0) is 47.4 Å². The van der Waals surface area contributed by atoms with Crippen LogP contribution in [-0.4, -0.2) is 67.5 Å². The van der Waals surface area contributed by atoms with Crippen molar-refractivity contribution in [3.63, 3.8) is 0 Å². The highest BCUT2D eigenvalue weighted by Crippen LogP contribution is 2.31. The first-order chi connectivity index (χ1) is 19.5. The first-order valence-corrected chi connectivity index (χ1v) is 13.4. The molecule has 1 fully saturated rings. The van der Waals surface area contributed by atoms with Gasteiger partial charge in [0.2, 0.25) is 17.6 Å². The van der Waals surface area contributed by atoms with Gasteiger partial charge >= 0.3 is 0 Å². The lowest BCUT2D eigenvalue weighted by molar-refractivity contribution is -0.115. The van der Waals surface area contributed by atoms with Crippen LogP contribution in [-0.2, 0) is 16.0 Å². The smallest absolute Gasteiger partial charge is 0.228 e. The van der Waals surface area contributed by atoms with E-state index in [1.165, 1.54) is 0 Å². The molecule has 1 N–H and O–H groups in total. The minimum absolute atomic E-state index is 0.104. The van der Waals surface area contributed by atoms with Gasteiger partial charge in [-0.1, -0.05) is 41.6 Å². The van der Waals surface area contributed by atoms with Gasteiger partial charge in [0, 0.05) is 43.9 Å². The molecule has 1 amide bonds. The molecule has 9 nitrogen and oxygen atoms in total. The van der Waals surface area contributed by atoms with Crippen molar-refractivity contribution in [2.45, 2.75) is 20.3 Å². The number of aromatic nitrogens is 2. The molecule has 1 aromatic heterocycles. The Bertz CT molecular complexity index is 1440. The fraction of sp³-hybridized carbons (Fsp3) is 0.323. The van der Waals surface area contributed by atoms with E-state index in [1.54, 1.807) is 14.0 Å². The van der Waals surface area contributed by atoms with E-state index in [9.17, 15) is 4.79 Å². The van der Waals surface area contributed by atoms with Gasteiger partial charge in [-0.25, -0.2) is 0 Å².